The van der Waals surface area contributed by atoms with Gasteiger partial charge in [-0.2, -0.15) is 4.98 Å². The molecule has 0 saturated carbocycles. The molecule has 3 aromatic carbocycles. The van der Waals surface area contributed by atoms with E-state index in [1.54, 1.807) is 18.2 Å². The first-order valence-corrected chi connectivity index (χ1v) is 12.9. The second kappa shape index (κ2) is 9.03. The van der Waals surface area contributed by atoms with Crippen molar-refractivity contribution in [3.63, 3.8) is 0 Å². The predicted molar refractivity (Wildman–Crippen MR) is 137 cm³/mol. The van der Waals surface area contributed by atoms with Crippen molar-refractivity contribution in [1.29, 1.82) is 0 Å². The SMILES string of the molecule is CCc1c2nc(nc1-c1c(C)cccc1C)NS(=O)(=O)c1cccc(c1)NCc1cccc(c1)O2. The Morgan fingerprint density at radius 3 is 2.46 bits per heavy atom. The van der Waals surface area contributed by atoms with E-state index in [9.17, 15) is 8.42 Å². The standard InChI is InChI=1S/C27H26N4O3S/c1-4-23-25(24-17(2)8-5-9-18(24)3)29-27-30-26(23)34-21-12-6-10-19(14-21)16-28-20-11-7-13-22(15-20)35(32,33)31-27/h5-15,28H,4,16H2,1-3H3,(H,29,30,31). The van der Waals surface area contributed by atoms with Crippen molar-refractivity contribution in [1.82, 2.24) is 9.97 Å². The molecule has 6 bridgehead atoms. The maximum atomic E-state index is 13.3. The van der Waals surface area contributed by atoms with Crippen LogP contribution in [0.25, 0.3) is 11.3 Å². The molecule has 0 aliphatic carbocycles. The minimum absolute atomic E-state index is 0.0403. The summed E-state index contributed by atoms with van der Waals surface area (Å²) < 4.78 is 35.4. The Morgan fingerprint density at radius 1 is 0.943 bits per heavy atom. The first kappa shape index (κ1) is 22.9. The zero-order valence-corrected chi connectivity index (χ0v) is 20.6. The lowest BCUT2D eigenvalue weighted by molar-refractivity contribution is 0.456. The topological polar surface area (TPSA) is 93.2 Å². The molecule has 4 aromatic rings. The van der Waals surface area contributed by atoms with E-state index < -0.39 is 10.0 Å². The average molecular weight is 487 g/mol. The first-order chi connectivity index (χ1) is 16.8. The summed E-state index contributed by atoms with van der Waals surface area (Å²) in [6.45, 7) is 6.55. The van der Waals surface area contributed by atoms with Crippen LogP contribution in [0.4, 0.5) is 11.6 Å². The fraction of sp³-hybridized carbons (Fsp3) is 0.185. The van der Waals surface area contributed by atoms with Gasteiger partial charge < -0.3 is 10.1 Å². The summed E-state index contributed by atoms with van der Waals surface area (Å²) in [4.78, 5) is 9.35. The number of hydrogen-bond acceptors (Lipinski definition) is 6. The first-order valence-electron chi connectivity index (χ1n) is 11.4. The van der Waals surface area contributed by atoms with Gasteiger partial charge in [-0.15, -0.1) is 0 Å². The number of ether oxygens (including phenoxy) is 1. The van der Waals surface area contributed by atoms with Crippen LogP contribution in [0.15, 0.2) is 71.6 Å². The highest BCUT2D eigenvalue weighted by atomic mass is 32.2. The zero-order chi connectivity index (χ0) is 24.6. The van der Waals surface area contributed by atoms with Crippen LogP contribution in [0, 0.1) is 13.8 Å². The maximum Gasteiger partial charge on any atom is 0.264 e. The molecular formula is C27H26N4O3S. The Bertz CT molecular complexity index is 1510. The number of sulfonamides is 1. The van der Waals surface area contributed by atoms with Crippen LogP contribution in [-0.4, -0.2) is 18.4 Å². The van der Waals surface area contributed by atoms with Crippen molar-refractivity contribution in [3.05, 3.63) is 89.0 Å². The van der Waals surface area contributed by atoms with E-state index >= 15 is 0 Å². The Morgan fingerprint density at radius 2 is 1.69 bits per heavy atom. The molecule has 0 spiro atoms. The molecule has 2 N–H and O–H groups in total. The number of aryl methyl sites for hydroxylation is 2. The summed E-state index contributed by atoms with van der Waals surface area (Å²) in [5.41, 5.74) is 6.16. The van der Waals surface area contributed by atoms with E-state index in [4.69, 9.17) is 9.72 Å². The molecule has 0 radical (unpaired) electrons. The number of anilines is 2. The summed E-state index contributed by atoms with van der Waals surface area (Å²) in [6.07, 6.45) is 0.606. The van der Waals surface area contributed by atoms with Crippen LogP contribution in [0.2, 0.25) is 0 Å². The Balaban J connectivity index is 1.77. The van der Waals surface area contributed by atoms with Crippen LogP contribution >= 0.6 is 0 Å². The Kier molecular flexibility index (Phi) is 5.90. The van der Waals surface area contributed by atoms with Crippen LogP contribution < -0.4 is 14.8 Å². The highest BCUT2D eigenvalue weighted by Crippen LogP contribution is 2.36. The van der Waals surface area contributed by atoms with Crippen LogP contribution in [0.3, 0.4) is 0 Å². The lowest BCUT2D eigenvalue weighted by atomic mass is 9.96. The number of nitrogens with one attached hydrogen (secondary N) is 2. The molecule has 1 aliphatic rings. The lowest BCUT2D eigenvalue weighted by Crippen LogP contribution is -2.17. The molecule has 1 aliphatic heterocycles. The van der Waals surface area contributed by atoms with Gasteiger partial charge in [-0.1, -0.05) is 43.3 Å². The molecule has 35 heavy (non-hydrogen) atoms. The van der Waals surface area contributed by atoms with Gasteiger partial charge in [0.15, 0.2) is 0 Å². The number of nitrogens with zero attached hydrogens (tertiary/aromatic N) is 2. The summed E-state index contributed by atoms with van der Waals surface area (Å²) >= 11 is 0. The summed E-state index contributed by atoms with van der Waals surface area (Å²) in [5, 5.41) is 3.28. The molecule has 7 nitrogen and oxygen atoms in total. The van der Waals surface area contributed by atoms with Gasteiger partial charge >= 0.3 is 0 Å². The molecule has 0 atom stereocenters. The smallest absolute Gasteiger partial charge is 0.264 e. The molecule has 8 heteroatoms. The molecule has 0 amide bonds. The van der Waals surface area contributed by atoms with E-state index in [0.717, 1.165) is 27.8 Å². The number of benzene rings is 3. The molecule has 0 unspecified atom stereocenters. The highest BCUT2D eigenvalue weighted by molar-refractivity contribution is 7.92. The molecular weight excluding hydrogens is 460 g/mol. The highest BCUT2D eigenvalue weighted by Gasteiger charge is 2.23. The minimum atomic E-state index is -3.94. The molecule has 2 heterocycles. The van der Waals surface area contributed by atoms with Gasteiger partial charge in [0.2, 0.25) is 11.8 Å². The quantitative estimate of drug-likeness (QED) is 0.370. The summed E-state index contributed by atoms with van der Waals surface area (Å²) in [6, 6.07) is 20.4. The zero-order valence-electron chi connectivity index (χ0n) is 19.8. The van der Waals surface area contributed by atoms with Crippen molar-refractivity contribution < 1.29 is 13.2 Å². The van der Waals surface area contributed by atoms with Crippen LogP contribution in [0.5, 0.6) is 11.6 Å². The monoisotopic (exact) mass is 486 g/mol. The summed E-state index contributed by atoms with van der Waals surface area (Å²) in [7, 11) is -3.94. The van der Waals surface area contributed by atoms with Crippen molar-refractivity contribution in [2.45, 2.75) is 38.6 Å². The van der Waals surface area contributed by atoms with Crippen LogP contribution in [-0.2, 0) is 23.0 Å². The molecule has 0 saturated heterocycles. The minimum Gasteiger partial charge on any atom is -0.439 e. The van der Waals surface area contributed by atoms with E-state index in [0.29, 0.717) is 36.0 Å². The molecule has 0 fully saturated rings. The number of rotatable bonds is 2. The Labute approximate surface area is 205 Å². The van der Waals surface area contributed by atoms with E-state index in [2.05, 4.69) is 15.0 Å². The fourth-order valence-electron chi connectivity index (χ4n) is 4.29. The normalized spacial score (nSPS) is 14.1. The van der Waals surface area contributed by atoms with E-state index in [1.807, 2.05) is 69.3 Å². The van der Waals surface area contributed by atoms with Crippen molar-refractivity contribution in [3.8, 4) is 22.9 Å². The lowest BCUT2D eigenvalue weighted by Gasteiger charge is -2.19. The maximum absolute atomic E-state index is 13.3. The number of aromatic nitrogens is 2. The van der Waals surface area contributed by atoms with Gasteiger partial charge in [-0.3, -0.25) is 0 Å². The predicted octanol–water partition coefficient (Wildman–Crippen LogP) is 5.84. The average Bonchev–Trinajstić information content (AvgIpc) is 2.82. The van der Waals surface area contributed by atoms with Crippen molar-refractivity contribution in [2.75, 3.05) is 10.0 Å². The van der Waals surface area contributed by atoms with E-state index in [-0.39, 0.29) is 10.8 Å². The number of hydrogen-bond donors (Lipinski definition) is 2. The van der Waals surface area contributed by atoms with Gasteiger partial charge in [0.05, 0.1) is 10.6 Å². The Hall–Kier alpha value is -3.91. The second-order valence-electron chi connectivity index (χ2n) is 8.54. The largest absolute Gasteiger partial charge is 0.439 e. The van der Waals surface area contributed by atoms with Gasteiger partial charge in [0.25, 0.3) is 10.0 Å². The molecule has 5 rings (SSSR count). The fourth-order valence-corrected chi connectivity index (χ4v) is 5.28. The third-order valence-electron chi connectivity index (χ3n) is 6.02. The third kappa shape index (κ3) is 4.57. The summed E-state index contributed by atoms with van der Waals surface area (Å²) in [5.74, 6) is 0.903. The number of fused-ring (bicyclic) bond motifs is 6. The van der Waals surface area contributed by atoms with E-state index in [1.165, 1.54) is 0 Å². The third-order valence-corrected chi connectivity index (χ3v) is 7.35. The second-order valence-corrected chi connectivity index (χ2v) is 10.2. The van der Waals surface area contributed by atoms with Gasteiger partial charge in [0.1, 0.15) is 5.75 Å². The molecule has 178 valence electrons. The molecule has 1 aromatic heterocycles. The van der Waals surface area contributed by atoms with Crippen LogP contribution in [0.1, 0.15) is 29.2 Å². The van der Waals surface area contributed by atoms with Crippen molar-refractivity contribution in [2.24, 2.45) is 0 Å². The van der Waals surface area contributed by atoms with Gasteiger partial charge in [-0.05, 0) is 67.3 Å². The van der Waals surface area contributed by atoms with Gasteiger partial charge in [0, 0.05) is 23.4 Å². The van der Waals surface area contributed by atoms with Gasteiger partial charge in [-0.25, -0.2) is 18.1 Å². The van der Waals surface area contributed by atoms with Crippen molar-refractivity contribution >= 4 is 21.7 Å².